The van der Waals surface area contributed by atoms with E-state index in [0.717, 1.165) is 12.0 Å². The third kappa shape index (κ3) is 6.69. The minimum atomic E-state index is 0.839. The lowest BCUT2D eigenvalue weighted by Crippen LogP contribution is -2.43. The minimum absolute atomic E-state index is 0.839. The molecule has 0 amide bonds. The maximum absolute atomic E-state index is 3.72. The SMILES string of the molecule is CCCCCCCCCCN1CCCC(C2CCCN2)C1. The van der Waals surface area contributed by atoms with Crippen molar-refractivity contribution >= 4 is 0 Å². The number of rotatable bonds is 10. The van der Waals surface area contributed by atoms with Gasteiger partial charge in [-0.25, -0.2) is 0 Å². The van der Waals surface area contributed by atoms with Gasteiger partial charge in [-0.3, -0.25) is 0 Å². The van der Waals surface area contributed by atoms with Crippen LogP contribution in [0, 0.1) is 5.92 Å². The number of piperidine rings is 1. The van der Waals surface area contributed by atoms with Crippen molar-refractivity contribution in [2.75, 3.05) is 26.2 Å². The summed E-state index contributed by atoms with van der Waals surface area (Å²) in [6.45, 7) is 7.65. The van der Waals surface area contributed by atoms with Gasteiger partial charge >= 0.3 is 0 Å². The summed E-state index contributed by atoms with van der Waals surface area (Å²) in [5.41, 5.74) is 0. The first-order valence-corrected chi connectivity index (χ1v) is 9.86. The third-order valence-corrected chi connectivity index (χ3v) is 5.54. The van der Waals surface area contributed by atoms with Crippen molar-refractivity contribution in [1.29, 1.82) is 0 Å². The van der Waals surface area contributed by atoms with Gasteiger partial charge in [0.05, 0.1) is 0 Å². The summed E-state index contributed by atoms with van der Waals surface area (Å²) in [6, 6.07) is 0.839. The van der Waals surface area contributed by atoms with Gasteiger partial charge in [-0.2, -0.15) is 0 Å². The highest BCUT2D eigenvalue weighted by atomic mass is 15.1. The highest BCUT2D eigenvalue weighted by molar-refractivity contribution is 4.86. The van der Waals surface area contributed by atoms with Crippen LogP contribution in [0.15, 0.2) is 0 Å². The molecule has 2 heteroatoms. The Morgan fingerprint density at radius 3 is 2.38 bits per heavy atom. The molecule has 2 unspecified atom stereocenters. The van der Waals surface area contributed by atoms with E-state index in [1.807, 2.05) is 0 Å². The van der Waals surface area contributed by atoms with Gasteiger partial charge in [0.15, 0.2) is 0 Å². The molecule has 0 saturated carbocycles. The van der Waals surface area contributed by atoms with E-state index >= 15 is 0 Å². The first-order valence-electron chi connectivity index (χ1n) is 9.86. The highest BCUT2D eigenvalue weighted by Crippen LogP contribution is 2.25. The number of unbranched alkanes of at least 4 members (excludes halogenated alkanes) is 7. The number of likely N-dealkylation sites (tertiary alicyclic amines) is 1. The Hall–Kier alpha value is -0.0800. The van der Waals surface area contributed by atoms with Crippen molar-refractivity contribution in [3.8, 4) is 0 Å². The van der Waals surface area contributed by atoms with Crippen LogP contribution in [-0.4, -0.2) is 37.1 Å². The Bertz CT molecular complexity index is 248. The first kappa shape index (κ1) is 17.3. The lowest BCUT2D eigenvalue weighted by atomic mass is 9.89. The van der Waals surface area contributed by atoms with E-state index in [-0.39, 0.29) is 0 Å². The molecule has 2 aliphatic heterocycles. The summed E-state index contributed by atoms with van der Waals surface area (Å²) in [7, 11) is 0. The van der Waals surface area contributed by atoms with Gasteiger partial charge in [0.2, 0.25) is 0 Å². The van der Waals surface area contributed by atoms with Crippen molar-refractivity contribution in [1.82, 2.24) is 10.2 Å². The van der Waals surface area contributed by atoms with Crippen LogP contribution in [0.4, 0.5) is 0 Å². The maximum atomic E-state index is 3.72. The monoisotopic (exact) mass is 294 g/mol. The summed E-state index contributed by atoms with van der Waals surface area (Å²) >= 11 is 0. The molecule has 2 atom stereocenters. The van der Waals surface area contributed by atoms with Crippen molar-refractivity contribution in [2.45, 2.75) is 90.0 Å². The van der Waals surface area contributed by atoms with Crippen molar-refractivity contribution in [2.24, 2.45) is 5.92 Å². The van der Waals surface area contributed by atoms with E-state index < -0.39 is 0 Å². The van der Waals surface area contributed by atoms with E-state index in [1.54, 1.807) is 0 Å². The minimum Gasteiger partial charge on any atom is -0.314 e. The molecule has 0 aromatic heterocycles. The summed E-state index contributed by atoms with van der Waals surface area (Å²) in [5.74, 6) is 0.940. The van der Waals surface area contributed by atoms with Gasteiger partial charge in [-0.15, -0.1) is 0 Å². The number of hydrogen-bond acceptors (Lipinski definition) is 2. The molecule has 0 radical (unpaired) electrons. The second-order valence-electron chi connectivity index (χ2n) is 7.38. The van der Waals surface area contributed by atoms with E-state index in [1.165, 1.54) is 103 Å². The number of hydrogen-bond donors (Lipinski definition) is 1. The Morgan fingerprint density at radius 1 is 0.905 bits per heavy atom. The van der Waals surface area contributed by atoms with Crippen LogP contribution < -0.4 is 5.32 Å². The first-order chi connectivity index (χ1) is 10.4. The van der Waals surface area contributed by atoms with Crippen LogP contribution in [0.5, 0.6) is 0 Å². The van der Waals surface area contributed by atoms with Crippen molar-refractivity contribution in [3.63, 3.8) is 0 Å². The lowest BCUT2D eigenvalue weighted by molar-refractivity contribution is 0.149. The Balaban J connectivity index is 1.48. The molecule has 2 heterocycles. The molecule has 2 fully saturated rings. The molecule has 1 N–H and O–H groups in total. The predicted octanol–water partition coefficient (Wildman–Crippen LogP) is 4.59. The van der Waals surface area contributed by atoms with Gasteiger partial charge in [-0.05, 0) is 57.7 Å². The van der Waals surface area contributed by atoms with Gasteiger partial charge in [0, 0.05) is 12.6 Å². The summed E-state index contributed by atoms with van der Waals surface area (Å²) in [5, 5.41) is 3.72. The molecule has 0 aromatic carbocycles. The molecule has 0 spiro atoms. The molecule has 2 saturated heterocycles. The van der Waals surface area contributed by atoms with Gasteiger partial charge in [0.25, 0.3) is 0 Å². The largest absolute Gasteiger partial charge is 0.314 e. The standard InChI is InChI=1S/C19H38N2/c1-2-3-4-5-6-7-8-9-15-21-16-11-12-18(17-21)19-13-10-14-20-19/h18-20H,2-17H2,1H3. The molecule has 124 valence electrons. The predicted molar refractivity (Wildman–Crippen MR) is 92.8 cm³/mol. The molecule has 0 bridgehead atoms. The molecular weight excluding hydrogens is 256 g/mol. The third-order valence-electron chi connectivity index (χ3n) is 5.54. The van der Waals surface area contributed by atoms with Crippen LogP contribution >= 0.6 is 0 Å². The van der Waals surface area contributed by atoms with E-state index in [9.17, 15) is 0 Å². The highest BCUT2D eigenvalue weighted by Gasteiger charge is 2.28. The average Bonchev–Trinajstić information content (AvgIpc) is 3.05. The fourth-order valence-corrected chi connectivity index (χ4v) is 4.21. The van der Waals surface area contributed by atoms with E-state index in [4.69, 9.17) is 0 Å². The molecule has 0 aliphatic carbocycles. The van der Waals surface area contributed by atoms with Crippen LogP contribution in [0.2, 0.25) is 0 Å². The van der Waals surface area contributed by atoms with Crippen molar-refractivity contribution in [3.05, 3.63) is 0 Å². The average molecular weight is 295 g/mol. The molecule has 2 aliphatic rings. The normalized spacial score (nSPS) is 27.3. The fourth-order valence-electron chi connectivity index (χ4n) is 4.21. The second-order valence-corrected chi connectivity index (χ2v) is 7.38. The van der Waals surface area contributed by atoms with Crippen LogP contribution in [0.1, 0.15) is 84.0 Å². The van der Waals surface area contributed by atoms with E-state index in [2.05, 4.69) is 17.1 Å². The molecule has 0 aromatic rings. The Morgan fingerprint density at radius 2 is 1.67 bits per heavy atom. The quantitative estimate of drug-likeness (QED) is 0.593. The maximum Gasteiger partial charge on any atom is 0.0108 e. The molecule has 21 heavy (non-hydrogen) atoms. The Kier molecular flexibility index (Phi) is 8.73. The van der Waals surface area contributed by atoms with E-state index in [0.29, 0.717) is 0 Å². The van der Waals surface area contributed by atoms with Crippen molar-refractivity contribution < 1.29 is 0 Å². The lowest BCUT2D eigenvalue weighted by Gasteiger charge is -2.35. The zero-order valence-corrected chi connectivity index (χ0v) is 14.4. The number of nitrogens with one attached hydrogen (secondary N) is 1. The van der Waals surface area contributed by atoms with Gasteiger partial charge < -0.3 is 10.2 Å². The topological polar surface area (TPSA) is 15.3 Å². The fraction of sp³-hybridized carbons (Fsp3) is 1.00. The summed E-state index contributed by atoms with van der Waals surface area (Å²) in [4.78, 5) is 2.76. The smallest absolute Gasteiger partial charge is 0.0108 e. The zero-order chi connectivity index (χ0) is 14.8. The second kappa shape index (κ2) is 10.6. The molecule has 2 rings (SSSR count). The van der Waals surface area contributed by atoms with Crippen LogP contribution in [-0.2, 0) is 0 Å². The molecular formula is C19H38N2. The van der Waals surface area contributed by atoms with Crippen LogP contribution in [0.3, 0.4) is 0 Å². The molecule has 2 nitrogen and oxygen atoms in total. The Labute approximate surface area is 133 Å². The van der Waals surface area contributed by atoms with Crippen LogP contribution in [0.25, 0.3) is 0 Å². The zero-order valence-electron chi connectivity index (χ0n) is 14.4. The number of nitrogens with zero attached hydrogens (tertiary/aromatic N) is 1. The van der Waals surface area contributed by atoms with Gasteiger partial charge in [-0.1, -0.05) is 51.9 Å². The summed E-state index contributed by atoms with van der Waals surface area (Å²) < 4.78 is 0. The van der Waals surface area contributed by atoms with Gasteiger partial charge in [0.1, 0.15) is 0 Å². The summed E-state index contributed by atoms with van der Waals surface area (Å²) in [6.07, 6.45) is 17.3.